The van der Waals surface area contributed by atoms with Crippen molar-refractivity contribution >= 4 is 18.1 Å². The van der Waals surface area contributed by atoms with Gasteiger partial charge >= 0.3 is 5.97 Å². The lowest BCUT2D eigenvalue weighted by Gasteiger charge is -2.06. The van der Waals surface area contributed by atoms with Gasteiger partial charge < -0.3 is 14.2 Å². The van der Waals surface area contributed by atoms with Gasteiger partial charge in [0.05, 0.1) is 19.8 Å². The molecule has 0 aliphatic rings. The summed E-state index contributed by atoms with van der Waals surface area (Å²) >= 11 is 0. The van der Waals surface area contributed by atoms with Crippen LogP contribution in [0.2, 0.25) is 0 Å². The Kier molecular flexibility index (Phi) is 5.84. The Hall–Kier alpha value is -3.60. The topological polar surface area (TPSA) is 57.7 Å². The summed E-state index contributed by atoms with van der Waals surface area (Å²) in [5.41, 5.74) is 2.34. The van der Waals surface area contributed by atoms with Crippen LogP contribution in [-0.4, -0.2) is 25.2 Å². The average Bonchev–Trinajstić information content (AvgIpc) is 2.73. The molecule has 0 fully saturated rings. The third-order valence-electron chi connectivity index (χ3n) is 3.83. The quantitative estimate of drug-likeness (QED) is 0.368. The van der Waals surface area contributed by atoms with Gasteiger partial charge in [0.15, 0.2) is 0 Å². The van der Waals surface area contributed by atoms with Crippen LogP contribution in [0, 0.1) is 0 Å². The molecule has 0 amide bonds. The first-order valence-corrected chi connectivity index (χ1v) is 8.31. The summed E-state index contributed by atoms with van der Waals surface area (Å²) in [7, 11) is 3.24. The van der Waals surface area contributed by atoms with Gasteiger partial charge in [0.2, 0.25) is 0 Å². The smallest absolute Gasteiger partial charge is 0.345 e. The molecular formula is C22H19NO4. The van der Waals surface area contributed by atoms with E-state index < -0.39 is 5.97 Å². The fourth-order valence-electron chi connectivity index (χ4n) is 2.41. The van der Waals surface area contributed by atoms with Crippen LogP contribution < -0.4 is 14.2 Å². The number of carbonyl (C=O) groups excluding carboxylic acids is 1. The number of methoxy groups -OCH3 is 2. The average molecular weight is 361 g/mol. The van der Waals surface area contributed by atoms with Crippen molar-refractivity contribution in [1.82, 2.24) is 4.98 Å². The van der Waals surface area contributed by atoms with Gasteiger partial charge in [-0.1, -0.05) is 24.3 Å². The summed E-state index contributed by atoms with van der Waals surface area (Å²) in [6.45, 7) is 0. The lowest BCUT2D eigenvalue weighted by atomic mass is 10.1. The molecule has 0 N–H and O–H groups in total. The highest BCUT2D eigenvalue weighted by Gasteiger charge is 2.07. The molecule has 5 heteroatoms. The van der Waals surface area contributed by atoms with Crippen molar-refractivity contribution in [1.29, 1.82) is 0 Å². The number of hydrogen-bond donors (Lipinski definition) is 0. The first-order chi connectivity index (χ1) is 13.2. The maximum Gasteiger partial charge on any atom is 0.345 e. The van der Waals surface area contributed by atoms with Gasteiger partial charge in [-0.15, -0.1) is 0 Å². The van der Waals surface area contributed by atoms with Gasteiger partial charge in [0.25, 0.3) is 0 Å². The Balaban J connectivity index is 1.69. The fraction of sp³-hybridized carbons (Fsp3) is 0.0909. The molecule has 0 aliphatic heterocycles. The number of esters is 1. The van der Waals surface area contributed by atoms with E-state index >= 15 is 0 Å². The van der Waals surface area contributed by atoms with E-state index in [0.29, 0.717) is 11.3 Å². The summed E-state index contributed by atoms with van der Waals surface area (Å²) in [6, 6.07) is 16.3. The summed E-state index contributed by atoms with van der Waals surface area (Å²) < 4.78 is 15.9. The van der Waals surface area contributed by atoms with Crippen LogP contribution in [-0.2, 0) is 0 Å². The van der Waals surface area contributed by atoms with Gasteiger partial charge in [-0.2, -0.15) is 0 Å². The van der Waals surface area contributed by atoms with Crippen LogP contribution in [0.3, 0.4) is 0 Å². The highest BCUT2D eigenvalue weighted by Crippen LogP contribution is 2.24. The fourth-order valence-corrected chi connectivity index (χ4v) is 2.41. The monoisotopic (exact) mass is 361 g/mol. The molecule has 1 aromatic heterocycles. The number of rotatable bonds is 6. The number of nitrogens with zero attached hydrogens (tertiary/aromatic N) is 1. The second-order valence-electron chi connectivity index (χ2n) is 5.68. The van der Waals surface area contributed by atoms with Gasteiger partial charge in [0.1, 0.15) is 17.2 Å². The first kappa shape index (κ1) is 18.2. The van der Waals surface area contributed by atoms with E-state index in [2.05, 4.69) is 4.98 Å². The molecule has 3 aromatic rings. The van der Waals surface area contributed by atoms with E-state index in [0.717, 1.165) is 22.6 Å². The highest BCUT2D eigenvalue weighted by atomic mass is 16.5. The molecule has 0 spiro atoms. The van der Waals surface area contributed by atoms with E-state index in [4.69, 9.17) is 14.2 Å². The Bertz CT molecular complexity index is 912. The molecular weight excluding hydrogens is 342 g/mol. The van der Waals surface area contributed by atoms with E-state index in [1.54, 1.807) is 44.7 Å². The van der Waals surface area contributed by atoms with Crippen LogP contribution >= 0.6 is 0 Å². The maximum absolute atomic E-state index is 12.0. The molecule has 0 radical (unpaired) electrons. The summed E-state index contributed by atoms with van der Waals surface area (Å²) in [5.74, 6) is 1.50. The van der Waals surface area contributed by atoms with Crippen molar-refractivity contribution in [2.24, 2.45) is 0 Å². The Morgan fingerprint density at radius 2 is 1.52 bits per heavy atom. The molecule has 0 saturated carbocycles. The summed E-state index contributed by atoms with van der Waals surface area (Å²) in [6.07, 6.45) is 7.00. The van der Waals surface area contributed by atoms with Gasteiger partial charge in [0, 0.05) is 18.5 Å². The van der Waals surface area contributed by atoms with Crippen LogP contribution in [0.5, 0.6) is 17.2 Å². The zero-order valence-electron chi connectivity index (χ0n) is 15.1. The molecule has 0 bridgehead atoms. The number of pyridine rings is 1. The van der Waals surface area contributed by atoms with E-state index in [-0.39, 0.29) is 0 Å². The maximum atomic E-state index is 12.0. The molecule has 1 heterocycles. The number of benzene rings is 2. The van der Waals surface area contributed by atoms with E-state index in [1.165, 1.54) is 6.20 Å². The van der Waals surface area contributed by atoms with Crippen LogP contribution in [0.15, 0.2) is 67.0 Å². The summed E-state index contributed by atoms with van der Waals surface area (Å²) in [5, 5.41) is 0. The Morgan fingerprint density at radius 3 is 2.11 bits per heavy atom. The third-order valence-corrected chi connectivity index (χ3v) is 3.83. The molecule has 136 valence electrons. The van der Waals surface area contributed by atoms with Crippen molar-refractivity contribution in [3.63, 3.8) is 0 Å². The standard InChI is InChI=1S/C22H19NO4/c1-25-20-12-17(13-21(14-20)26-2)6-5-16-7-9-19(10-8-16)27-22(24)18-4-3-11-23-15-18/h3-15H,1-2H3/b6-5+. The minimum absolute atomic E-state index is 0.411. The number of carbonyl (C=O) groups is 1. The zero-order chi connectivity index (χ0) is 19.1. The molecule has 5 nitrogen and oxygen atoms in total. The second kappa shape index (κ2) is 8.67. The molecule has 3 rings (SSSR count). The zero-order valence-corrected chi connectivity index (χ0v) is 15.1. The Morgan fingerprint density at radius 1 is 0.852 bits per heavy atom. The van der Waals surface area contributed by atoms with Crippen molar-refractivity contribution in [3.05, 3.63) is 83.7 Å². The molecule has 0 unspecified atom stereocenters. The number of ether oxygens (including phenoxy) is 3. The third kappa shape index (κ3) is 4.95. The minimum atomic E-state index is -0.435. The van der Waals surface area contributed by atoms with Crippen LogP contribution in [0.1, 0.15) is 21.5 Å². The Labute approximate surface area is 157 Å². The normalized spacial score (nSPS) is 10.6. The van der Waals surface area contributed by atoms with E-state index in [9.17, 15) is 4.79 Å². The van der Waals surface area contributed by atoms with Gasteiger partial charge in [-0.25, -0.2) is 4.79 Å². The van der Waals surface area contributed by atoms with Gasteiger partial charge in [-0.05, 0) is 47.5 Å². The molecule has 27 heavy (non-hydrogen) atoms. The SMILES string of the molecule is COc1cc(/C=C/c2ccc(OC(=O)c3cccnc3)cc2)cc(OC)c1. The summed E-state index contributed by atoms with van der Waals surface area (Å²) in [4.78, 5) is 15.9. The molecule has 0 aliphatic carbocycles. The molecule has 2 aromatic carbocycles. The van der Waals surface area contributed by atoms with Crippen molar-refractivity contribution in [3.8, 4) is 17.2 Å². The van der Waals surface area contributed by atoms with Crippen LogP contribution in [0.4, 0.5) is 0 Å². The molecule has 0 saturated heterocycles. The number of aromatic nitrogens is 1. The number of hydrogen-bond acceptors (Lipinski definition) is 5. The second-order valence-corrected chi connectivity index (χ2v) is 5.68. The van der Waals surface area contributed by atoms with Gasteiger partial charge in [-0.3, -0.25) is 4.98 Å². The van der Waals surface area contributed by atoms with E-state index in [1.807, 2.05) is 42.5 Å². The largest absolute Gasteiger partial charge is 0.497 e. The van der Waals surface area contributed by atoms with Crippen molar-refractivity contribution in [2.75, 3.05) is 14.2 Å². The minimum Gasteiger partial charge on any atom is -0.497 e. The first-order valence-electron chi connectivity index (χ1n) is 8.31. The van der Waals surface area contributed by atoms with Crippen molar-refractivity contribution < 1.29 is 19.0 Å². The molecule has 0 atom stereocenters. The predicted molar refractivity (Wildman–Crippen MR) is 104 cm³/mol. The lowest BCUT2D eigenvalue weighted by molar-refractivity contribution is 0.0734. The lowest BCUT2D eigenvalue weighted by Crippen LogP contribution is -2.08. The highest BCUT2D eigenvalue weighted by molar-refractivity contribution is 5.90. The van der Waals surface area contributed by atoms with Crippen molar-refractivity contribution in [2.45, 2.75) is 0 Å². The van der Waals surface area contributed by atoms with Crippen LogP contribution in [0.25, 0.3) is 12.2 Å². The predicted octanol–water partition coefficient (Wildman–Crippen LogP) is 4.49.